The molecule has 2 aliphatic heterocycles. The van der Waals surface area contributed by atoms with Crippen molar-refractivity contribution in [2.75, 3.05) is 6.54 Å². The molecule has 3 heterocycles. The molecule has 4 unspecified atom stereocenters. The van der Waals surface area contributed by atoms with Crippen LogP contribution >= 0.6 is 11.3 Å². The first-order valence-electron chi connectivity index (χ1n) is 13.0. The second-order valence-electron chi connectivity index (χ2n) is 11.7. The highest BCUT2D eigenvalue weighted by atomic mass is 32.1. The minimum Gasteiger partial charge on any atom is -0.391 e. The Morgan fingerprint density at radius 2 is 1.97 bits per heavy atom. The number of rotatable bonds is 6. The van der Waals surface area contributed by atoms with E-state index >= 15 is 0 Å². The van der Waals surface area contributed by atoms with E-state index in [0.717, 1.165) is 21.7 Å². The standard InChI is InChI=1S/C28H32N6O4S/c1-15-21(39-14-30-15)17-7-5-16(6-8-17)20-24(36)33-23(31-20)19-11-18(35)12-34(19)25(37)22(27(2,3)4)32-26(38)28(13-29)9-10-28/h5-8,14,18-20,22,35H,9-12H2,1-4H3,(H,32,38)(H,31,33,36). The minimum absolute atomic E-state index is 0.0534. The number of likely N-dealkylation sites (tertiary alicyclic amines) is 1. The SMILES string of the molecule is Cc1ncsc1-c1ccc(C2NC(C3CC(O)CN3C(=O)C(NC(=O)C3(C#N)CC3)C(C)(C)C)=NC2=O)cc1. The Hall–Kier alpha value is -3.62. The number of benzene rings is 1. The summed E-state index contributed by atoms with van der Waals surface area (Å²) >= 11 is 1.56. The molecule has 2 fully saturated rings. The highest BCUT2D eigenvalue weighted by molar-refractivity contribution is 7.13. The summed E-state index contributed by atoms with van der Waals surface area (Å²) in [5.41, 5.74) is 2.78. The molecule has 3 aliphatic rings. The van der Waals surface area contributed by atoms with Crippen molar-refractivity contribution in [1.29, 1.82) is 5.26 Å². The average Bonchev–Trinajstić information content (AvgIpc) is 3.18. The van der Waals surface area contributed by atoms with Crippen LogP contribution in [0.1, 0.15) is 57.3 Å². The number of thiazole rings is 1. The van der Waals surface area contributed by atoms with E-state index in [4.69, 9.17) is 0 Å². The van der Waals surface area contributed by atoms with Gasteiger partial charge in [-0.3, -0.25) is 14.4 Å². The fraction of sp³-hybridized carbons (Fsp3) is 0.500. The molecule has 2 aromatic rings. The van der Waals surface area contributed by atoms with E-state index in [1.165, 1.54) is 4.90 Å². The second kappa shape index (κ2) is 9.84. The van der Waals surface area contributed by atoms with Crippen molar-refractivity contribution >= 4 is 34.9 Å². The van der Waals surface area contributed by atoms with Crippen molar-refractivity contribution in [2.24, 2.45) is 15.8 Å². The van der Waals surface area contributed by atoms with Gasteiger partial charge < -0.3 is 20.6 Å². The number of hydrogen-bond acceptors (Lipinski definition) is 8. The molecule has 1 saturated carbocycles. The van der Waals surface area contributed by atoms with Gasteiger partial charge in [0.2, 0.25) is 11.8 Å². The zero-order chi connectivity index (χ0) is 28.1. The molecule has 0 bridgehead atoms. The summed E-state index contributed by atoms with van der Waals surface area (Å²) in [7, 11) is 0. The highest BCUT2D eigenvalue weighted by Gasteiger charge is 2.53. The van der Waals surface area contributed by atoms with Crippen LogP contribution in [0.2, 0.25) is 0 Å². The maximum Gasteiger partial charge on any atom is 0.274 e. The third-order valence-corrected chi connectivity index (χ3v) is 8.66. The highest BCUT2D eigenvalue weighted by Crippen LogP contribution is 2.45. The monoisotopic (exact) mass is 548 g/mol. The lowest BCUT2D eigenvalue weighted by molar-refractivity contribution is -0.140. The Balaban J connectivity index is 1.33. The van der Waals surface area contributed by atoms with Gasteiger partial charge in [-0.15, -0.1) is 11.3 Å². The molecule has 3 amide bonds. The van der Waals surface area contributed by atoms with Gasteiger partial charge in [0.15, 0.2) is 0 Å². The maximum atomic E-state index is 13.8. The molecule has 4 atom stereocenters. The van der Waals surface area contributed by atoms with Crippen LogP contribution in [0.25, 0.3) is 10.4 Å². The van der Waals surface area contributed by atoms with Crippen LogP contribution < -0.4 is 10.6 Å². The molecule has 39 heavy (non-hydrogen) atoms. The van der Waals surface area contributed by atoms with E-state index < -0.39 is 41.0 Å². The molecule has 1 aliphatic carbocycles. The molecule has 0 spiro atoms. The number of nitrogens with zero attached hydrogens (tertiary/aromatic N) is 4. The Bertz CT molecular complexity index is 1380. The van der Waals surface area contributed by atoms with Crippen LogP contribution in [0.3, 0.4) is 0 Å². The number of hydrogen-bond donors (Lipinski definition) is 3. The van der Waals surface area contributed by atoms with Crippen molar-refractivity contribution in [3.63, 3.8) is 0 Å². The molecule has 1 aromatic heterocycles. The topological polar surface area (TPSA) is 148 Å². The van der Waals surface area contributed by atoms with E-state index in [1.54, 1.807) is 16.8 Å². The number of carbonyl (C=O) groups is 3. The summed E-state index contributed by atoms with van der Waals surface area (Å²) < 4.78 is 0. The second-order valence-corrected chi connectivity index (χ2v) is 12.5. The molecule has 0 radical (unpaired) electrons. The van der Waals surface area contributed by atoms with E-state index in [0.29, 0.717) is 18.7 Å². The van der Waals surface area contributed by atoms with Crippen LogP contribution in [0.5, 0.6) is 0 Å². The van der Waals surface area contributed by atoms with Gasteiger partial charge in [0, 0.05) is 13.0 Å². The van der Waals surface area contributed by atoms with Crippen molar-refractivity contribution in [3.8, 4) is 16.5 Å². The largest absolute Gasteiger partial charge is 0.391 e. The summed E-state index contributed by atoms with van der Waals surface area (Å²) in [4.78, 5) is 50.7. The Morgan fingerprint density at radius 3 is 2.54 bits per heavy atom. The molecule has 1 aromatic carbocycles. The van der Waals surface area contributed by atoms with E-state index in [1.807, 2.05) is 52.0 Å². The van der Waals surface area contributed by atoms with Gasteiger partial charge in [0.25, 0.3) is 5.91 Å². The molecular weight excluding hydrogens is 516 g/mol. The first-order valence-corrected chi connectivity index (χ1v) is 13.9. The first kappa shape index (κ1) is 27.0. The van der Waals surface area contributed by atoms with Gasteiger partial charge in [-0.2, -0.15) is 10.3 Å². The van der Waals surface area contributed by atoms with Crippen molar-refractivity contribution in [2.45, 2.75) is 71.2 Å². The number of nitrogens with one attached hydrogen (secondary N) is 2. The van der Waals surface area contributed by atoms with Crippen molar-refractivity contribution < 1.29 is 19.5 Å². The molecule has 204 valence electrons. The number of amidine groups is 1. The van der Waals surface area contributed by atoms with Crippen molar-refractivity contribution in [3.05, 3.63) is 41.0 Å². The van der Waals surface area contributed by atoms with E-state index in [2.05, 4.69) is 26.7 Å². The summed E-state index contributed by atoms with van der Waals surface area (Å²) in [5.74, 6) is -0.869. The number of aliphatic imine (C=N–C) groups is 1. The Morgan fingerprint density at radius 1 is 1.28 bits per heavy atom. The third kappa shape index (κ3) is 5.06. The van der Waals surface area contributed by atoms with Crippen LogP contribution in [0, 0.1) is 29.1 Å². The number of carbonyl (C=O) groups excluding carboxylic acids is 3. The Kier molecular flexibility index (Phi) is 6.81. The molecule has 10 nitrogen and oxygen atoms in total. The summed E-state index contributed by atoms with van der Waals surface area (Å²) in [6.07, 6.45) is 0.361. The van der Waals surface area contributed by atoms with Gasteiger partial charge in [-0.05, 0) is 36.3 Å². The molecule has 5 rings (SSSR count). The lowest BCUT2D eigenvalue weighted by Crippen LogP contribution is -2.58. The van der Waals surface area contributed by atoms with Gasteiger partial charge in [-0.25, -0.2) is 4.98 Å². The van der Waals surface area contributed by atoms with Gasteiger partial charge in [-0.1, -0.05) is 45.0 Å². The molecule has 3 N–H and O–H groups in total. The summed E-state index contributed by atoms with van der Waals surface area (Å²) in [6, 6.07) is 7.46. The quantitative estimate of drug-likeness (QED) is 0.502. The van der Waals surface area contributed by atoms with Gasteiger partial charge >= 0.3 is 0 Å². The predicted molar refractivity (Wildman–Crippen MR) is 145 cm³/mol. The Labute approximate surface area is 231 Å². The fourth-order valence-electron chi connectivity index (χ4n) is 5.14. The average molecular weight is 549 g/mol. The summed E-state index contributed by atoms with van der Waals surface area (Å²) in [6.45, 7) is 7.52. The number of nitriles is 1. The number of aliphatic hydroxyl groups is 1. The predicted octanol–water partition coefficient (Wildman–Crippen LogP) is 2.48. The van der Waals surface area contributed by atoms with E-state index in [-0.39, 0.29) is 24.8 Å². The van der Waals surface area contributed by atoms with Crippen LogP contribution in [0.15, 0.2) is 34.8 Å². The first-order chi connectivity index (χ1) is 18.4. The number of aryl methyl sites for hydroxylation is 1. The summed E-state index contributed by atoms with van der Waals surface area (Å²) in [5, 5.41) is 26.0. The van der Waals surface area contributed by atoms with E-state index in [9.17, 15) is 24.8 Å². The number of aliphatic hydroxyl groups excluding tert-OH is 1. The maximum absolute atomic E-state index is 13.8. The number of β-amino-alcohol motifs (C(OH)–C–C–N with tert-alkyl or cyclic N) is 1. The van der Waals surface area contributed by atoms with Gasteiger partial charge in [0.1, 0.15) is 23.3 Å². The minimum atomic E-state index is -1.07. The molecular formula is C28H32N6O4S. The number of amides is 3. The lowest BCUT2D eigenvalue weighted by Gasteiger charge is -2.36. The molecule has 11 heteroatoms. The van der Waals surface area contributed by atoms with Crippen LogP contribution in [-0.2, 0) is 14.4 Å². The lowest BCUT2D eigenvalue weighted by atomic mass is 9.85. The van der Waals surface area contributed by atoms with Crippen LogP contribution in [0.4, 0.5) is 0 Å². The van der Waals surface area contributed by atoms with Crippen molar-refractivity contribution in [1.82, 2.24) is 20.5 Å². The zero-order valence-corrected chi connectivity index (χ0v) is 23.2. The zero-order valence-electron chi connectivity index (χ0n) is 22.4. The fourth-order valence-corrected chi connectivity index (χ4v) is 5.95. The van der Waals surface area contributed by atoms with Crippen LogP contribution in [-0.4, -0.2) is 63.3 Å². The third-order valence-electron chi connectivity index (χ3n) is 7.69. The molecule has 1 saturated heterocycles. The normalized spacial score (nSPS) is 24.5. The number of aromatic nitrogens is 1. The van der Waals surface area contributed by atoms with Gasteiger partial charge in [0.05, 0.1) is 34.3 Å². The smallest absolute Gasteiger partial charge is 0.274 e.